The molecule has 0 aliphatic carbocycles. The average molecular weight is 507 g/mol. The Morgan fingerprint density at radius 2 is 2.05 bits per heavy atom. The Morgan fingerprint density at radius 1 is 1.27 bits per heavy atom. The van der Waals surface area contributed by atoms with Crippen LogP contribution in [-0.2, 0) is 29.0 Å². The van der Waals surface area contributed by atoms with Gasteiger partial charge in [-0.15, -0.1) is 0 Å². The first-order valence-electron chi connectivity index (χ1n) is 12.9. The number of ether oxygens (including phenoxy) is 1. The number of carboxylic acids is 1. The largest absolute Gasteiger partial charge is 0.493 e. The zero-order valence-electron chi connectivity index (χ0n) is 22.5. The van der Waals surface area contributed by atoms with E-state index in [-0.39, 0.29) is 18.9 Å². The van der Waals surface area contributed by atoms with Crippen LogP contribution in [0.3, 0.4) is 0 Å². The zero-order valence-corrected chi connectivity index (χ0v) is 22.5. The number of fused-ring (bicyclic) bond motifs is 1. The number of benzene rings is 1. The number of hydrogen-bond acceptors (Lipinski definition) is 5. The van der Waals surface area contributed by atoms with E-state index in [0.717, 1.165) is 41.0 Å². The minimum Gasteiger partial charge on any atom is -0.493 e. The Hall–Kier alpha value is -3.61. The second-order valence-electron chi connectivity index (χ2n) is 10.1. The van der Waals surface area contributed by atoms with Crippen LogP contribution in [-0.4, -0.2) is 39.5 Å². The molecule has 7 heteroatoms. The van der Waals surface area contributed by atoms with Gasteiger partial charge in [0.1, 0.15) is 17.6 Å². The van der Waals surface area contributed by atoms with Gasteiger partial charge in [0, 0.05) is 25.5 Å². The number of hydrogen-bond donors (Lipinski definition) is 1. The maximum absolute atomic E-state index is 12.8. The lowest BCUT2D eigenvalue weighted by atomic mass is 9.93. The molecule has 2 aromatic rings. The third-order valence-electron chi connectivity index (χ3n) is 6.23. The number of carbonyl (C=O) groups excluding carboxylic acids is 1. The number of aliphatic carboxylic acids is 1. The van der Waals surface area contributed by atoms with E-state index in [1.54, 1.807) is 6.08 Å². The van der Waals surface area contributed by atoms with Gasteiger partial charge < -0.3 is 19.2 Å². The van der Waals surface area contributed by atoms with Crippen molar-refractivity contribution in [1.29, 1.82) is 0 Å². The van der Waals surface area contributed by atoms with Gasteiger partial charge in [-0.25, -0.2) is 9.78 Å². The number of allylic oxidation sites excluding steroid dienone is 4. The standard InChI is InChI=1S/C30H38N2O5/c1-20(2)9-6-7-11-28-31-26(22(5)37-28)15-16-36-25-14-13-23-18-27(30(34)35)32(19-24(23)17-25)29(33)12-8-10-21(3)4/h7-8,10-14,17,20,27H,6,9,15-16,18-19H2,1-5H3,(H,34,35)/b11-7+,12-8+/t27-/m0/s1. The molecule has 0 bridgehead atoms. The van der Waals surface area contributed by atoms with Crippen molar-refractivity contribution in [3.05, 3.63) is 76.5 Å². The molecule has 1 aromatic carbocycles. The fraction of sp³-hybridized carbons (Fsp3) is 0.433. The van der Waals surface area contributed by atoms with Crippen molar-refractivity contribution < 1.29 is 23.8 Å². The van der Waals surface area contributed by atoms with Crippen LogP contribution in [0.5, 0.6) is 5.75 Å². The van der Waals surface area contributed by atoms with Gasteiger partial charge in [-0.1, -0.05) is 43.7 Å². The molecular weight excluding hydrogens is 468 g/mol. The number of nitrogens with zero attached hydrogens (tertiary/aromatic N) is 2. The molecule has 37 heavy (non-hydrogen) atoms. The molecule has 0 saturated heterocycles. The fourth-order valence-corrected chi connectivity index (χ4v) is 4.15. The van der Waals surface area contributed by atoms with Crippen LogP contribution in [0.4, 0.5) is 0 Å². The number of rotatable bonds is 11. The maximum Gasteiger partial charge on any atom is 0.326 e. The molecule has 1 amide bonds. The molecule has 1 aliphatic heterocycles. The molecular formula is C30H38N2O5. The van der Waals surface area contributed by atoms with Gasteiger partial charge in [0.2, 0.25) is 11.8 Å². The molecule has 1 atom stereocenters. The van der Waals surface area contributed by atoms with Crippen LogP contribution in [0.2, 0.25) is 0 Å². The second-order valence-corrected chi connectivity index (χ2v) is 10.1. The van der Waals surface area contributed by atoms with E-state index in [0.29, 0.717) is 30.6 Å². The lowest BCUT2D eigenvalue weighted by Gasteiger charge is -2.34. The topological polar surface area (TPSA) is 92.9 Å². The van der Waals surface area contributed by atoms with Gasteiger partial charge in [0.15, 0.2) is 0 Å². The number of carboxylic acid groups (broad SMARTS) is 1. The number of carbonyl (C=O) groups is 2. The van der Waals surface area contributed by atoms with Crippen molar-refractivity contribution in [3.63, 3.8) is 0 Å². The van der Waals surface area contributed by atoms with E-state index in [4.69, 9.17) is 9.15 Å². The molecule has 3 rings (SSSR count). The second kappa shape index (κ2) is 13.1. The predicted octanol–water partition coefficient (Wildman–Crippen LogP) is 5.91. The lowest BCUT2D eigenvalue weighted by molar-refractivity contribution is -0.149. The lowest BCUT2D eigenvalue weighted by Crippen LogP contribution is -2.48. The van der Waals surface area contributed by atoms with E-state index in [1.165, 1.54) is 11.0 Å². The SMILES string of the molecule is CC(C)=C/C=C/C(=O)N1Cc2cc(OCCc3nc(/C=C/CCC(C)C)oc3C)ccc2C[C@H]1C(=O)O. The van der Waals surface area contributed by atoms with Crippen LogP contribution < -0.4 is 4.74 Å². The molecule has 1 aromatic heterocycles. The van der Waals surface area contributed by atoms with Crippen molar-refractivity contribution >= 4 is 18.0 Å². The highest BCUT2D eigenvalue weighted by Gasteiger charge is 2.33. The molecule has 0 saturated carbocycles. The van der Waals surface area contributed by atoms with Crippen molar-refractivity contribution in [2.45, 2.75) is 72.9 Å². The summed E-state index contributed by atoms with van der Waals surface area (Å²) >= 11 is 0. The summed E-state index contributed by atoms with van der Waals surface area (Å²) < 4.78 is 11.7. The van der Waals surface area contributed by atoms with Crippen LogP contribution in [0.25, 0.3) is 6.08 Å². The van der Waals surface area contributed by atoms with Gasteiger partial charge in [-0.2, -0.15) is 0 Å². The molecule has 0 unspecified atom stereocenters. The van der Waals surface area contributed by atoms with Crippen LogP contribution in [0.15, 0.2) is 52.5 Å². The molecule has 0 radical (unpaired) electrons. The van der Waals surface area contributed by atoms with Gasteiger partial charge >= 0.3 is 5.97 Å². The summed E-state index contributed by atoms with van der Waals surface area (Å²) in [6.07, 6.45) is 11.9. The van der Waals surface area contributed by atoms with E-state index in [2.05, 4.69) is 24.9 Å². The van der Waals surface area contributed by atoms with Crippen LogP contribution >= 0.6 is 0 Å². The highest BCUT2D eigenvalue weighted by atomic mass is 16.5. The monoisotopic (exact) mass is 506 g/mol. The predicted molar refractivity (Wildman–Crippen MR) is 144 cm³/mol. The maximum atomic E-state index is 12.8. The normalized spacial score (nSPS) is 15.4. The first-order chi connectivity index (χ1) is 17.6. The van der Waals surface area contributed by atoms with E-state index in [9.17, 15) is 14.7 Å². The van der Waals surface area contributed by atoms with Gasteiger partial charge in [-0.05, 0) is 68.9 Å². The average Bonchev–Trinajstić information content (AvgIpc) is 3.19. The molecule has 1 aliphatic rings. The van der Waals surface area contributed by atoms with E-state index in [1.807, 2.05) is 51.1 Å². The zero-order chi connectivity index (χ0) is 26.9. The quantitative estimate of drug-likeness (QED) is 0.301. The van der Waals surface area contributed by atoms with Gasteiger partial charge in [-0.3, -0.25) is 4.79 Å². The molecule has 198 valence electrons. The van der Waals surface area contributed by atoms with Gasteiger partial charge in [0.25, 0.3) is 0 Å². The number of amides is 1. The Morgan fingerprint density at radius 3 is 2.76 bits per heavy atom. The van der Waals surface area contributed by atoms with E-state index >= 15 is 0 Å². The summed E-state index contributed by atoms with van der Waals surface area (Å²) in [7, 11) is 0. The fourth-order valence-electron chi connectivity index (χ4n) is 4.15. The summed E-state index contributed by atoms with van der Waals surface area (Å²) in [5, 5.41) is 9.71. The number of aryl methyl sites for hydroxylation is 1. The van der Waals surface area contributed by atoms with Crippen molar-refractivity contribution in [1.82, 2.24) is 9.88 Å². The van der Waals surface area contributed by atoms with Crippen molar-refractivity contribution in [2.75, 3.05) is 6.61 Å². The van der Waals surface area contributed by atoms with Crippen LogP contribution in [0, 0.1) is 12.8 Å². The summed E-state index contributed by atoms with van der Waals surface area (Å²) in [5.74, 6) is 1.41. The molecule has 0 spiro atoms. The summed E-state index contributed by atoms with van der Waals surface area (Å²) in [4.78, 5) is 30.6. The summed E-state index contributed by atoms with van der Waals surface area (Å²) in [6.45, 7) is 10.8. The Labute approximate surface area is 219 Å². The Bertz CT molecular complexity index is 1180. The van der Waals surface area contributed by atoms with Crippen molar-refractivity contribution in [3.8, 4) is 5.75 Å². The highest BCUT2D eigenvalue weighted by Crippen LogP contribution is 2.28. The minimum atomic E-state index is -1.01. The van der Waals surface area contributed by atoms with Crippen molar-refractivity contribution in [2.24, 2.45) is 5.92 Å². The van der Waals surface area contributed by atoms with Gasteiger partial charge in [0.05, 0.1) is 12.3 Å². The molecule has 2 heterocycles. The smallest absolute Gasteiger partial charge is 0.326 e. The molecule has 0 fully saturated rings. The van der Waals surface area contributed by atoms with Crippen LogP contribution in [0.1, 0.15) is 69.0 Å². The molecule has 7 nitrogen and oxygen atoms in total. The highest BCUT2D eigenvalue weighted by molar-refractivity contribution is 5.92. The third-order valence-corrected chi connectivity index (χ3v) is 6.23. The first-order valence-corrected chi connectivity index (χ1v) is 12.9. The Balaban J connectivity index is 1.62. The first kappa shape index (κ1) is 28.0. The summed E-state index contributed by atoms with van der Waals surface area (Å²) in [5.41, 5.74) is 3.73. The van der Waals surface area contributed by atoms with E-state index < -0.39 is 12.0 Å². The molecule has 1 N–H and O–H groups in total. The Kier molecular flexibility index (Phi) is 9.89. The third kappa shape index (κ3) is 8.20. The minimum absolute atomic E-state index is 0.219. The number of oxazole rings is 1. The number of aromatic nitrogens is 1. The summed E-state index contributed by atoms with van der Waals surface area (Å²) in [6, 6.07) is 4.74.